The molecule has 0 aromatic heterocycles. The molecule has 0 amide bonds. The normalized spacial score (nSPS) is 10.1. The molecule has 0 heterocycles. The molecule has 18 heavy (non-hydrogen) atoms. The van der Waals surface area contributed by atoms with E-state index >= 15 is 0 Å². The summed E-state index contributed by atoms with van der Waals surface area (Å²) >= 11 is 1.70. The number of hydrogen-bond acceptors (Lipinski definition) is 3. The third-order valence-corrected chi connectivity index (χ3v) is 4.04. The summed E-state index contributed by atoms with van der Waals surface area (Å²) in [6.45, 7) is 4.13. The Hall–Kier alpha value is -1.92. The second-order valence-corrected chi connectivity index (χ2v) is 5.31. The van der Waals surface area contributed by atoms with Crippen LogP contribution in [0.3, 0.4) is 0 Å². The topological polar surface area (TPSA) is 49.8 Å². The Morgan fingerprint density at radius 3 is 2.11 bits per heavy atom. The number of nitrogen functional groups attached to an aromatic ring is 1. The first-order valence-corrected chi connectivity index (χ1v) is 6.46. The van der Waals surface area contributed by atoms with Gasteiger partial charge >= 0.3 is 0 Å². The molecule has 2 aromatic carbocycles. The van der Waals surface area contributed by atoms with E-state index < -0.39 is 0 Å². The molecule has 2 nitrogen and oxygen atoms in total. The van der Waals surface area contributed by atoms with Crippen molar-refractivity contribution in [1.29, 1.82) is 5.26 Å². The van der Waals surface area contributed by atoms with E-state index in [0.29, 0.717) is 5.56 Å². The summed E-state index contributed by atoms with van der Waals surface area (Å²) < 4.78 is 0. The quantitative estimate of drug-likeness (QED) is 0.827. The number of nitriles is 1. The molecule has 0 atom stereocenters. The number of nitrogens with two attached hydrogens (primary N) is 1. The zero-order chi connectivity index (χ0) is 13.1. The van der Waals surface area contributed by atoms with Gasteiger partial charge in [0.25, 0.3) is 0 Å². The fourth-order valence-corrected chi connectivity index (χ4v) is 2.81. The van der Waals surface area contributed by atoms with Crippen molar-refractivity contribution in [1.82, 2.24) is 0 Å². The highest BCUT2D eigenvalue weighted by atomic mass is 32.2. The van der Waals surface area contributed by atoms with Crippen LogP contribution in [0.2, 0.25) is 0 Å². The minimum Gasteiger partial charge on any atom is -0.399 e. The fourth-order valence-electron chi connectivity index (χ4n) is 1.86. The van der Waals surface area contributed by atoms with Crippen molar-refractivity contribution in [3.63, 3.8) is 0 Å². The van der Waals surface area contributed by atoms with Crippen LogP contribution in [-0.4, -0.2) is 0 Å². The number of benzene rings is 2. The summed E-state index contributed by atoms with van der Waals surface area (Å²) in [6, 6.07) is 13.7. The number of rotatable bonds is 2. The molecule has 2 aromatic rings. The number of aryl methyl sites for hydroxylation is 2. The van der Waals surface area contributed by atoms with E-state index in [4.69, 9.17) is 11.0 Å². The van der Waals surface area contributed by atoms with Gasteiger partial charge in [-0.15, -0.1) is 0 Å². The van der Waals surface area contributed by atoms with Gasteiger partial charge in [-0.1, -0.05) is 11.8 Å². The first-order chi connectivity index (χ1) is 8.60. The molecule has 2 rings (SSSR count). The first kappa shape index (κ1) is 12.5. The summed E-state index contributed by atoms with van der Waals surface area (Å²) in [5, 5.41) is 8.77. The summed E-state index contributed by atoms with van der Waals surface area (Å²) in [5.41, 5.74) is 9.66. The fraction of sp³-hybridized carbons (Fsp3) is 0.133. The standard InChI is InChI=1S/C15H14N2S/c1-10-7-13(17)8-11(2)15(10)18-14-5-3-12(9-16)4-6-14/h3-8H,17H2,1-2H3. The smallest absolute Gasteiger partial charge is 0.0991 e. The molecule has 0 unspecified atom stereocenters. The average molecular weight is 254 g/mol. The van der Waals surface area contributed by atoms with E-state index in [1.807, 2.05) is 36.4 Å². The van der Waals surface area contributed by atoms with Gasteiger partial charge in [0, 0.05) is 15.5 Å². The molecule has 90 valence electrons. The SMILES string of the molecule is Cc1cc(N)cc(C)c1Sc1ccc(C#N)cc1. The van der Waals surface area contributed by atoms with Gasteiger partial charge in [0.1, 0.15) is 0 Å². The molecule has 3 heteroatoms. The van der Waals surface area contributed by atoms with Crippen LogP contribution in [0.1, 0.15) is 16.7 Å². The zero-order valence-electron chi connectivity index (χ0n) is 10.4. The Labute approximate surface area is 111 Å². The molecule has 0 aliphatic heterocycles. The molecule has 2 N–H and O–H groups in total. The molecule has 0 aliphatic carbocycles. The summed E-state index contributed by atoms with van der Waals surface area (Å²) in [4.78, 5) is 2.36. The van der Waals surface area contributed by atoms with E-state index in [-0.39, 0.29) is 0 Å². The largest absolute Gasteiger partial charge is 0.399 e. The van der Waals surface area contributed by atoms with Crippen LogP contribution in [-0.2, 0) is 0 Å². The maximum absolute atomic E-state index is 8.77. The van der Waals surface area contributed by atoms with Crippen molar-refractivity contribution in [3.8, 4) is 6.07 Å². The van der Waals surface area contributed by atoms with Gasteiger partial charge in [0.2, 0.25) is 0 Å². The first-order valence-electron chi connectivity index (χ1n) is 5.65. The minimum atomic E-state index is 0.685. The Balaban J connectivity index is 2.31. The van der Waals surface area contributed by atoms with Gasteiger partial charge in [-0.25, -0.2) is 0 Å². The molecule has 0 saturated carbocycles. The molecular weight excluding hydrogens is 240 g/mol. The average Bonchev–Trinajstić information content (AvgIpc) is 2.34. The lowest BCUT2D eigenvalue weighted by molar-refractivity contribution is 1.21. The number of anilines is 1. The lowest BCUT2D eigenvalue weighted by Crippen LogP contribution is -1.91. The molecule has 0 spiro atoms. The van der Waals surface area contributed by atoms with Gasteiger partial charge in [-0.05, 0) is 61.4 Å². The highest BCUT2D eigenvalue weighted by Gasteiger charge is 2.06. The van der Waals surface area contributed by atoms with Crippen molar-refractivity contribution in [3.05, 3.63) is 53.1 Å². The van der Waals surface area contributed by atoms with Crippen LogP contribution < -0.4 is 5.73 Å². The minimum absolute atomic E-state index is 0.685. The van der Waals surface area contributed by atoms with Crippen LogP contribution in [0, 0.1) is 25.2 Å². The Morgan fingerprint density at radius 2 is 1.61 bits per heavy atom. The zero-order valence-corrected chi connectivity index (χ0v) is 11.2. The monoisotopic (exact) mass is 254 g/mol. The van der Waals surface area contributed by atoms with Crippen molar-refractivity contribution in [2.75, 3.05) is 5.73 Å². The predicted octanol–water partition coefficient (Wildman–Crippen LogP) is 3.91. The van der Waals surface area contributed by atoms with Gasteiger partial charge in [0.15, 0.2) is 0 Å². The van der Waals surface area contributed by atoms with Crippen LogP contribution in [0.25, 0.3) is 0 Å². The molecule has 0 bridgehead atoms. The van der Waals surface area contributed by atoms with E-state index in [0.717, 1.165) is 10.6 Å². The Morgan fingerprint density at radius 1 is 1.06 bits per heavy atom. The molecule has 0 fully saturated rings. The lowest BCUT2D eigenvalue weighted by atomic mass is 10.1. The maximum Gasteiger partial charge on any atom is 0.0991 e. The second-order valence-electron chi connectivity index (χ2n) is 4.22. The molecular formula is C15H14N2S. The molecule has 0 saturated heterocycles. The van der Waals surface area contributed by atoms with Crippen molar-refractivity contribution >= 4 is 17.4 Å². The summed E-state index contributed by atoms with van der Waals surface area (Å²) in [6.07, 6.45) is 0. The van der Waals surface area contributed by atoms with Gasteiger partial charge in [0.05, 0.1) is 11.6 Å². The van der Waals surface area contributed by atoms with E-state index in [9.17, 15) is 0 Å². The van der Waals surface area contributed by atoms with Crippen molar-refractivity contribution < 1.29 is 0 Å². The highest BCUT2D eigenvalue weighted by molar-refractivity contribution is 7.99. The van der Waals surface area contributed by atoms with E-state index in [2.05, 4.69) is 19.9 Å². The highest BCUT2D eigenvalue weighted by Crippen LogP contribution is 2.34. The summed E-state index contributed by atoms with van der Waals surface area (Å²) in [7, 11) is 0. The third kappa shape index (κ3) is 2.66. The predicted molar refractivity (Wildman–Crippen MR) is 75.6 cm³/mol. The maximum atomic E-state index is 8.77. The summed E-state index contributed by atoms with van der Waals surface area (Å²) in [5.74, 6) is 0. The van der Waals surface area contributed by atoms with Gasteiger partial charge in [-0.2, -0.15) is 5.26 Å². The Kier molecular flexibility index (Phi) is 3.59. The van der Waals surface area contributed by atoms with Crippen LogP contribution in [0.15, 0.2) is 46.2 Å². The lowest BCUT2D eigenvalue weighted by Gasteiger charge is -2.10. The van der Waals surface area contributed by atoms with E-state index in [1.165, 1.54) is 16.0 Å². The van der Waals surface area contributed by atoms with Crippen LogP contribution >= 0.6 is 11.8 Å². The number of hydrogen-bond donors (Lipinski definition) is 1. The molecule has 0 aliphatic rings. The second kappa shape index (κ2) is 5.16. The van der Waals surface area contributed by atoms with Crippen LogP contribution in [0.5, 0.6) is 0 Å². The molecule has 0 radical (unpaired) electrons. The van der Waals surface area contributed by atoms with Crippen molar-refractivity contribution in [2.24, 2.45) is 0 Å². The van der Waals surface area contributed by atoms with Crippen LogP contribution in [0.4, 0.5) is 5.69 Å². The van der Waals surface area contributed by atoms with Gasteiger partial charge < -0.3 is 5.73 Å². The van der Waals surface area contributed by atoms with Crippen molar-refractivity contribution in [2.45, 2.75) is 23.6 Å². The van der Waals surface area contributed by atoms with Gasteiger partial charge in [-0.3, -0.25) is 0 Å². The Bertz CT molecular complexity index is 586. The third-order valence-electron chi connectivity index (χ3n) is 2.69. The number of nitrogens with zero attached hydrogens (tertiary/aromatic N) is 1. The van der Waals surface area contributed by atoms with E-state index in [1.54, 1.807) is 11.8 Å².